The highest BCUT2D eigenvalue weighted by Gasteiger charge is 2.19. The number of hydrogen-bond donors (Lipinski definition) is 2. The molecule has 0 saturated carbocycles. The highest BCUT2D eigenvalue weighted by molar-refractivity contribution is 5.92. The third-order valence-corrected chi connectivity index (χ3v) is 5.12. The molecule has 2 aromatic rings. The molecular weight excluding hydrogens is 386 g/mol. The molecule has 0 atom stereocenters. The van der Waals surface area contributed by atoms with Crippen LogP contribution in [0, 0.1) is 0 Å². The summed E-state index contributed by atoms with van der Waals surface area (Å²) in [6.07, 6.45) is 4.96. The van der Waals surface area contributed by atoms with Crippen LogP contribution in [-0.4, -0.2) is 57.2 Å². The average Bonchev–Trinajstić information content (AvgIpc) is 2.74. The number of methoxy groups -OCH3 is 1. The number of halogens is 1. The monoisotopic (exact) mass is 415 g/mol. The number of benzene rings is 2. The van der Waals surface area contributed by atoms with E-state index < -0.39 is 0 Å². The molecule has 6 heteroatoms. The van der Waals surface area contributed by atoms with Gasteiger partial charge in [-0.2, -0.15) is 0 Å². The average molecular weight is 416 g/mol. The van der Waals surface area contributed by atoms with Crippen molar-refractivity contribution >= 4 is 17.7 Å². The van der Waals surface area contributed by atoms with E-state index in [0.717, 1.165) is 45.0 Å². The Morgan fingerprint density at radius 1 is 1.10 bits per heavy atom. The first-order valence-corrected chi connectivity index (χ1v) is 9.95. The minimum Gasteiger partial charge on any atom is -1.00 e. The number of anilines is 1. The van der Waals surface area contributed by atoms with Crippen molar-refractivity contribution in [3.8, 4) is 5.75 Å². The van der Waals surface area contributed by atoms with Crippen molar-refractivity contribution in [2.24, 2.45) is 0 Å². The van der Waals surface area contributed by atoms with Crippen LogP contribution in [0.3, 0.4) is 0 Å². The number of nitrogens with zero attached hydrogens (tertiary/aromatic N) is 1. The van der Waals surface area contributed by atoms with E-state index in [4.69, 9.17) is 4.74 Å². The fourth-order valence-electron chi connectivity index (χ4n) is 3.44. The number of carbonyl (C=O) groups is 1. The van der Waals surface area contributed by atoms with Gasteiger partial charge in [-0.05, 0) is 23.8 Å². The molecule has 3 rings (SSSR count). The summed E-state index contributed by atoms with van der Waals surface area (Å²) in [6.45, 7) is 6.17. The van der Waals surface area contributed by atoms with Crippen molar-refractivity contribution in [1.29, 1.82) is 0 Å². The Bertz CT molecular complexity index is 775. The molecule has 1 amide bonds. The summed E-state index contributed by atoms with van der Waals surface area (Å²) in [7, 11) is 1.61. The third kappa shape index (κ3) is 7.54. The number of ether oxygens (including phenoxy) is 1. The summed E-state index contributed by atoms with van der Waals surface area (Å²) in [5.74, 6) is 0.724. The second kappa shape index (κ2) is 12.3. The number of nitrogens with one attached hydrogen (secondary N) is 2. The molecule has 0 bridgehead atoms. The smallest absolute Gasteiger partial charge is 0.225 e. The lowest BCUT2D eigenvalue weighted by Gasteiger charge is -2.31. The summed E-state index contributed by atoms with van der Waals surface area (Å²) in [6, 6.07) is 17.9. The van der Waals surface area contributed by atoms with Crippen LogP contribution in [0.1, 0.15) is 12.0 Å². The van der Waals surface area contributed by atoms with Gasteiger partial charge in [-0.1, -0.05) is 48.5 Å². The maximum Gasteiger partial charge on any atom is 0.225 e. The predicted molar refractivity (Wildman–Crippen MR) is 114 cm³/mol. The molecule has 1 aliphatic heterocycles. The van der Waals surface area contributed by atoms with Crippen LogP contribution in [0.15, 0.2) is 60.7 Å². The maximum absolute atomic E-state index is 12.3. The minimum absolute atomic E-state index is 0. The van der Waals surface area contributed by atoms with Gasteiger partial charge in [-0.15, -0.1) is 0 Å². The molecule has 2 aromatic carbocycles. The van der Waals surface area contributed by atoms with Gasteiger partial charge < -0.3 is 27.4 Å². The molecule has 1 aliphatic rings. The molecule has 2 N–H and O–H groups in total. The van der Waals surface area contributed by atoms with Crippen LogP contribution >= 0.6 is 0 Å². The van der Waals surface area contributed by atoms with Crippen molar-refractivity contribution in [1.82, 2.24) is 4.90 Å². The van der Waals surface area contributed by atoms with E-state index in [1.165, 1.54) is 5.56 Å². The van der Waals surface area contributed by atoms with Crippen LogP contribution in [0.4, 0.5) is 5.69 Å². The Labute approximate surface area is 179 Å². The van der Waals surface area contributed by atoms with Gasteiger partial charge in [-0.25, -0.2) is 0 Å². The fraction of sp³-hybridized carbons (Fsp3) is 0.348. The van der Waals surface area contributed by atoms with Crippen molar-refractivity contribution < 1.29 is 26.8 Å². The first-order chi connectivity index (χ1) is 13.7. The van der Waals surface area contributed by atoms with Gasteiger partial charge >= 0.3 is 0 Å². The number of rotatable bonds is 8. The van der Waals surface area contributed by atoms with Crippen LogP contribution in [0.2, 0.25) is 0 Å². The summed E-state index contributed by atoms with van der Waals surface area (Å²) < 4.78 is 5.28. The molecule has 1 saturated heterocycles. The van der Waals surface area contributed by atoms with E-state index in [1.54, 1.807) is 12.0 Å². The largest absolute Gasteiger partial charge is 1.00 e. The fourth-order valence-corrected chi connectivity index (χ4v) is 3.44. The number of quaternary nitrogens is 1. The van der Waals surface area contributed by atoms with E-state index in [0.29, 0.717) is 12.2 Å². The second-order valence-corrected chi connectivity index (χ2v) is 7.11. The summed E-state index contributed by atoms with van der Waals surface area (Å²) in [5.41, 5.74) is 1.98. The molecule has 0 unspecified atom stereocenters. The standard InChI is InChI=1S/C23H29N3O2.ClH/c1-28-22-12-6-5-11-21(22)24-23(27)13-15-26-18-16-25(17-19-26)14-7-10-20-8-3-2-4-9-20;/h2-12H,13-19H2,1H3,(H,24,27);1H. The van der Waals surface area contributed by atoms with Crippen LogP contribution in [0.5, 0.6) is 5.75 Å². The highest BCUT2D eigenvalue weighted by Crippen LogP contribution is 2.23. The minimum atomic E-state index is 0. The predicted octanol–water partition coefficient (Wildman–Crippen LogP) is -1.06. The summed E-state index contributed by atoms with van der Waals surface area (Å²) in [5, 5.41) is 2.95. The van der Waals surface area contributed by atoms with Crippen molar-refractivity contribution in [2.75, 3.05) is 51.7 Å². The summed E-state index contributed by atoms with van der Waals surface area (Å²) >= 11 is 0. The van der Waals surface area contributed by atoms with Crippen LogP contribution < -0.4 is 27.4 Å². The van der Waals surface area contributed by atoms with Gasteiger partial charge in [0.25, 0.3) is 0 Å². The van der Waals surface area contributed by atoms with Crippen molar-refractivity contribution in [3.05, 3.63) is 66.2 Å². The quantitative estimate of drug-likeness (QED) is 0.578. The lowest BCUT2D eigenvalue weighted by molar-refractivity contribution is -0.898. The second-order valence-electron chi connectivity index (χ2n) is 7.11. The zero-order valence-corrected chi connectivity index (χ0v) is 17.7. The molecule has 1 fully saturated rings. The van der Waals surface area contributed by atoms with Crippen LogP contribution in [-0.2, 0) is 4.79 Å². The van der Waals surface area contributed by atoms with Crippen molar-refractivity contribution in [3.63, 3.8) is 0 Å². The Hall–Kier alpha value is -2.34. The maximum atomic E-state index is 12.3. The van der Waals surface area contributed by atoms with E-state index in [1.807, 2.05) is 30.3 Å². The van der Waals surface area contributed by atoms with Crippen molar-refractivity contribution in [2.45, 2.75) is 6.42 Å². The van der Waals surface area contributed by atoms with Gasteiger partial charge in [0, 0.05) is 26.1 Å². The number of carbonyl (C=O) groups excluding carboxylic acids is 1. The van der Waals surface area contributed by atoms with E-state index >= 15 is 0 Å². The SMILES string of the molecule is COc1ccccc1NC(=O)CCN1CC[NH+](CC=Cc2ccccc2)CC1.[Cl-]. The molecular formula is C23H30ClN3O2. The lowest BCUT2D eigenvalue weighted by atomic mass is 10.2. The van der Waals surface area contributed by atoms with E-state index in [9.17, 15) is 4.79 Å². The molecule has 1 heterocycles. The van der Waals surface area contributed by atoms with Gasteiger partial charge in [-0.3, -0.25) is 9.69 Å². The molecule has 0 aliphatic carbocycles. The lowest BCUT2D eigenvalue weighted by Crippen LogP contribution is -3.14. The molecule has 0 aromatic heterocycles. The number of para-hydroxylation sites is 2. The third-order valence-electron chi connectivity index (χ3n) is 5.12. The first-order valence-electron chi connectivity index (χ1n) is 9.95. The zero-order chi connectivity index (χ0) is 19.6. The Morgan fingerprint density at radius 3 is 2.52 bits per heavy atom. The van der Waals surface area contributed by atoms with Crippen LogP contribution in [0.25, 0.3) is 6.08 Å². The molecule has 0 spiro atoms. The number of hydrogen-bond acceptors (Lipinski definition) is 3. The van der Waals surface area contributed by atoms with E-state index in [2.05, 4.69) is 46.6 Å². The van der Waals surface area contributed by atoms with E-state index in [-0.39, 0.29) is 18.3 Å². The van der Waals surface area contributed by atoms with Gasteiger partial charge in [0.05, 0.1) is 32.4 Å². The topological polar surface area (TPSA) is 46.0 Å². The Kier molecular flexibility index (Phi) is 9.71. The van der Waals surface area contributed by atoms with Gasteiger partial charge in [0.1, 0.15) is 5.75 Å². The molecule has 29 heavy (non-hydrogen) atoms. The molecule has 0 radical (unpaired) electrons. The number of piperazine rings is 1. The Balaban J connectivity index is 0.00000300. The highest BCUT2D eigenvalue weighted by atomic mass is 35.5. The van der Waals surface area contributed by atoms with Gasteiger partial charge in [0.15, 0.2) is 0 Å². The first kappa shape index (κ1) is 22.9. The Morgan fingerprint density at radius 2 is 1.79 bits per heavy atom. The summed E-state index contributed by atoms with van der Waals surface area (Å²) in [4.78, 5) is 16.2. The zero-order valence-electron chi connectivity index (χ0n) is 16.9. The number of amides is 1. The molecule has 5 nitrogen and oxygen atoms in total. The normalized spacial score (nSPS) is 15.1. The van der Waals surface area contributed by atoms with Gasteiger partial charge in [0.2, 0.25) is 5.91 Å². The molecule has 156 valence electrons.